The maximum Gasteiger partial charge on any atom is -0.0275 e. The Bertz CT molecular complexity index is 125. The molecule has 0 aliphatic heterocycles. The molecular formula is C14H30. The van der Waals surface area contributed by atoms with Gasteiger partial charge in [-0.15, -0.1) is 0 Å². The van der Waals surface area contributed by atoms with Crippen LogP contribution in [0.4, 0.5) is 0 Å². The van der Waals surface area contributed by atoms with Crippen LogP contribution in [0.2, 0.25) is 0 Å². The average molecular weight is 198 g/mol. The molecule has 86 valence electrons. The summed E-state index contributed by atoms with van der Waals surface area (Å²) >= 11 is 0. The molecule has 0 aromatic heterocycles. The zero-order valence-electron chi connectivity index (χ0n) is 11.2. The van der Waals surface area contributed by atoms with Gasteiger partial charge in [0.25, 0.3) is 0 Å². The molecule has 2 atom stereocenters. The molecule has 0 rings (SSSR count). The topological polar surface area (TPSA) is 0 Å². The monoisotopic (exact) mass is 198 g/mol. The maximum absolute atomic E-state index is 2.43. The summed E-state index contributed by atoms with van der Waals surface area (Å²) in [6.45, 7) is 14.3. The lowest BCUT2D eigenvalue weighted by Crippen LogP contribution is -2.32. The molecule has 0 heterocycles. The fourth-order valence-corrected chi connectivity index (χ4v) is 3.26. The molecule has 0 fully saturated rings. The molecule has 0 aliphatic rings. The van der Waals surface area contributed by atoms with E-state index < -0.39 is 0 Å². The van der Waals surface area contributed by atoms with Crippen molar-refractivity contribution in [3.8, 4) is 0 Å². The molecule has 0 aromatic carbocycles. The summed E-state index contributed by atoms with van der Waals surface area (Å²) in [6, 6.07) is 0. The van der Waals surface area contributed by atoms with Crippen LogP contribution in [0.1, 0.15) is 73.6 Å². The third-order valence-electron chi connectivity index (χ3n) is 4.67. The van der Waals surface area contributed by atoms with Gasteiger partial charge in [0.05, 0.1) is 0 Å². The highest BCUT2D eigenvalue weighted by atomic mass is 14.4. The largest absolute Gasteiger partial charge is 0.0651 e. The van der Waals surface area contributed by atoms with E-state index in [1.54, 1.807) is 0 Å². The van der Waals surface area contributed by atoms with E-state index in [2.05, 4.69) is 41.5 Å². The second kappa shape index (κ2) is 6.48. The van der Waals surface area contributed by atoms with Gasteiger partial charge in [-0.1, -0.05) is 73.6 Å². The summed E-state index contributed by atoms with van der Waals surface area (Å²) in [6.07, 6.45) is 6.74. The predicted molar refractivity (Wildman–Crippen MR) is 66.5 cm³/mol. The van der Waals surface area contributed by atoms with Crippen LogP contribution in [0.25, 0.3) is 0 Å². The Kier molecular flexibility index (Phi) is 6.48. The van der Waals surface area contributed by atoms with E-state index in [4.69, 9.17) is 0 Å². The molecule has 0 aliphatic carbocycles. The Hall–Kier alpha value is 0. The van der Waals surface area contributed by atoms with E-state index in [1.807, 2.05) is 0 Å². The van der Waals surface area contributed by atoms with Gasteiger partial charge in [0.2, 0.25) is 0 Å². The second-order valence-electron chi connectivity index (χ2n) is 4.82. The van der Waals surface area contributed by atoms with Crippen LogP contribution in [0.3, 0.4) is 0 Å². The lowest BCUT2D eigenvalue weighted by atomic mass is 9.63. The van der Waals surface area contributed by atoms with Gasteiger partial charge in [-0.05, 0) is 17.3 Å². The first-order valence-electron chi connectivity index (χ1n) is 6.61. The van der Waals surface area contributed by atoms with Gasteiger partial charge in [0, 0.05) is 0 Å². The lowest BCUT2D eigenvalue weighted by Gasteiger charge is -2.42. The van der Waals surface area contributed by atoms with Crippen LogP contribution >= 0.6 is 0 Å². The Morgan fingerprint density at radius 3 is 1.43 bits per heavy atom. The quantitative estimate of drug-likeness (QED) is 0.522. The number of hydrogen-bond donors (Lipinski definition) is 0. The zero-order chi connectivity index (χ0) is 11.2. The molecule has 0 aromatic rings. The summed E-state index contributed by atoms with van der Waals surface area (Å²) in [5, 5.41) is 0. The van der Waals surface area contributed by atoms with E-state index in [0.29, 0.717) is 5.41 Å². The van der Waals surface area contributed by atoms with E-state index in [0.717, 1.165) is 11.8 Å². The molecule has 0 nitrogen and oxygen atoms in total. The van der Waals surface area contributed by atoms with E-state index >= 15 is 0 Å². The van der Waals surface area contributed by atoms with Crippen LogP contribution in [0, 0.1) is 17.3 Å². The Labute approximate surface area is 91.5 Å². The van der Waals surface area contributed by atoms with E-state index in [9.17, 15) is 0 Å². The van der Waals surface area contributed by atoms with Crippen molar-refractivity contribution >= 4 is 0 Å². The molecule has 0 N–H and O–H groups in total. The van der Waals surface area contributed by atoms with Crippen LogP contribution in [-0.2, 0) is 0 Å². The van der Waals surface area contributed by atoms with Gasteiger partial charge in [-0.25, -0.2) is 0 Å². The SMILES string of the molecule is CCC(C)C(CC)C(CC)(CC)CC. The lowest BCUT2D eigenvalue weighted by molar-refractivity contribution is 0.0815. The van der Waals surface area contributed by atoms with Gasteiger partial charge in [0.15, 0.2) is 0 Å². The van der Waals surface area contributed by atoms with Crippen LogP contribution < -0.4 is 0 Å². The minimum Gasteiger partial charge on any atom is -0.0651 e. The smallest absolute Gasteiger partial charge is 0.0275 e. The van der Waals surface area contributed by atoms with Crippen molar-refractivity contribution in [1.29, 1.82) is 0 Å². The number of hydrogen-bond acceptors (Lipinski definition) is 0. The van der Waals surface area contributed by atoms with Crippen molar-refractivity contribution in [2.75, 3.05) is 0 Å². The van der Waals surface area contributed by atoms with Crippen LogP contribution in [-0.4, -0.2) is 0 Å². The standard InChI is InChI=1S/C14H30/c1-7-12(6)13(8-2)14(9-3,10-4)11-5/h12-13H,7-11H2,1-6H3. The zero-order valence-corrected chi connectivity index (χ0v) is 11.2. The molecule has 0 saturated carbocycles. The second-order valence-corrected chi connectivity index (χ2v) is 4.82. The molecule has 0 amide bonds. The Morgan fingerprint density at radius 2 is 1.21 bits per heavy atom. The molecule has 0 bridgehead atoms. The highest BCUT2D eigenvalue weighted by molar-refractivity contribution is 4.85. The molecule has 2 unspecified atom stereocenters. The van der Waals surface area contributed by atoms with E-state index in [1.165, 1.54) is 32.1 Å². The van der Waals surface area contributed by atoms with Crippen molar-refractivity contribution < 1.29 is 0 Å². The maximum atomic E-state index is 2.43. The van der Waals surface area contributed by atoms with Gasteiger partial charge in [-0.2, -0.15) is 0 Å². The summed E-state index contributed by atoms with van der Waals surface area (Å²) in [5.41, 5.74) is 0.615. The fraction of sp³-hybridized carbons (Fsp3) is 1.00. The molecule has 0 heteroatoms. The highest BCUT2D eigenvalue weighted by Crippen LogP contribution is 2.44. The van der Waals surface area contributed by atoms with E-state index in [-0.39, 0.29) is 0 Å². The normalized spacial score (nSPS) is 16.7. The first kappa shape index (κ1) is 14.0. The van der Waals surface area contributed by atoms with Gasteiger partial charge >= 0.3 is 0 Å². The van der Waals surface area contributed by atoms with Crippen molar-refractivity contribution in [2.45, 2.75) is 73.6 Å². The molecule has 0 radical (unpaired) electrons. The van der Waals surface area contributed by atoms with Crippen molar-refractivity contribution in [2.24, 2.45) is 17.3 Å². The van der Waals surface area contributed by atoms with Gasteiger partial charge in [0.1, 0.15) is 0 Å². The minimum atomic E-state index is 0.615. The van der Waals surface area contributed by atoms with Gasteiger partial charge < -0.3 is 0 Å². The Morgan fingerprint density at radius 1 is 0.786 bits per heavy atom. The van der Waals surface area contributed by atoms with Crippen LogP contribution in [0.15, 0.2) is 0 Å². The van der Waals surface area contributed by atoms with Crippen LogP contribution in [0.5, 0.6) is 0 Å². The summed E-state index contributed by atoms with van der Waals surface area (Å²) < 4.78 is 0. The molecule has 0 spiro atoms. The third-order valence-corrected chi connectivity index (χ3v) is 4.67. The minimum absolute atomic E-state index is 0.615. The fourth-order valence-electron chi connectivity index (χ4n) is 3.26. The molecule has 14 heavy (non-hydrogen) atoms. The first-order valence-corrected chi connectivity index (χ1v) is 6.61. The van der Waals surface area contributed by atoms with Crippen molar-refractivity contribution in [3.63, 3.8) is 0 Å². The van der Waals surface area contributed by atoms with Gasteiger partial charge in [-0.3, -0.25) is 0 Å². The van der Waals surface area contributed by atoms with Crippen molar-refractivity contribution in [3.05, 3.63) is 0 Å². The average Bonchev–Trinajstić information content (AvgIpc) is 2.25. The molecular weight excluding hydrogens is 168 g/mol. The molecule has 0 saturated heterocycles. The predicted octanol–water partition coefficient (Wildman–Crippen LogP) is 5.28. The summed E-state index contributed by atoms with van der Waals surface area (Å²) in [7, 11) is 0. The summed E-state index contributed by atoms with van der Waals surface area (Å²) in [4.78, 5) is 0. The Balaban J connectivity index is 4.73. The van der Waals surface area contributed by atoms with Crippen molar-refractivity contribution in [1.82, 2.24) is 0 Å². The first-order chi connectivity index (χ1) is 6.61. The number of rotatable bonds is 7. The third kappa shape index (κ3) is 2.74. The highest BCUT2D eigenvalue weighted by Gasteiger charge is 2.35. The summed E-state index contributed by atoms with van der Waals surface area (Å²) in [5.74, 6) is 1.81.